The number of piperazine rings is 1. The van der Waals surface area contributed by atoms with Crippen LogP contribution in [0.4, 0.5) is 0 Å². The number of amides is 1. The summed E-state index contributed by atoms with van der Waals surface area (Å²) in [5.41, 5.74) is 3.85. The molecule has 110 valence electrons. The normalized spacial score (nSPS) is 15.1. The largest absolute Gasteiger partial charge is 0.354 e. The third kappa shape index (κ3) is 3.16. The minimum Gasteiger partial charge on any atom is -0.354 e. The van der Waals surface area contributed by atoms with Crippen molar-refractivity contribution in [1.29, 1.82) is 5.26 Å². The molecule has 0 radical (unpaired) electrons. The van der Waals surface area contributed by atoms with Crippen molar-refractivity contribution in [3.05, 3.63) is 59.7 Å². The number of benzene rings is 2. The van der Waals surface area contributed by atoms with Gasteiger partial charge in [-0.1, -0.05) is 42.5 Å². The molecule has 1 amide bonds. The number of hydrogen-bond donors (Lipinski definition) is 1. The Morgan fingerprint density at radius 2 is 1.91 bits per heavy atom. The first-order valence-electron chi connectivity index (χ1n) is 7.34. The standard InChI is InChI=1S/C18H17N3O/c19-11-16-3-1-2-4-17(16)15-7-5-14(6-8-15)12-21-10-9-20-18(22)13-21/h1-8H,9-10,12-13H2,(H,20,22). The molecule has 1 N–H and O–H groups in total. The highest BCUT2D eigenvalue weighted by molar-refractivity contribution is 5.78. The second-order valence-electron chi connectivity index (χ2n) is 5.41. The molecule has 0 unspecified atom stereocenters. The third-order valence-corrected chi connectivity index (χ3v) is 3.84. The van der Waals surface area contributed by atoms with Crippen LogP contribution in [-0.2, 0) is 11.3 Å². The van der Waals surface area contributed by atoms with Crippen LogP contribution in [0.25, 0.3) is 11.1 Å². The van der Waals surface area contributed by atoms with Gasteiger partial charge in [0.1, 0.15) is 0 Å². The van der Waals surface area contributed by atoms with Crippen molar-refractivity contribution in [1.82, 2.24) is 10.2 Å². The molecule has 2 aromatic carbocycles. The van der Waals surface area contributed by atoms with Crippen LogP contribution in [-0.4, -0.2) is 30.4 Å². The number of rotatable bonds is 3. The molecule has 2 aromatic rings. The Labute approximate surface area is 130 Å². The number of hydrogen-bond acceptors (Lipinski definition) is 3. The van der Waals surface area contributed by atoms with Crippen LogP contribution in [0.2, 0.25) is 0 Å². The van der Waals surface area contributed by atoms with Gasteiger partial charge in [-0.05, 0) is 22.8 Å². The maximum absolute atomic E-state index is 11.4. The molecular weight excluding hydrogens is 274 g/mol. The molecular formula is C18H17N3O. The highest BCUT2D eigenvalue weighted by Crippen LogP contribution is 2.23. The predicted octanol–water partition coefficient (Wildman–Crippen LogP) is 2.16. The molecule has 1 aliphatic rings. The lowest BCUT2D eigenvalue weighted by Crippen LogP contribution is -2.47. The van der Waals surface area contributed by atoms with E-state index in [4.69, 9.17) is 0 Å². The molecule has 0 atom stereocenters. The molecule has 0 saturated carbocycles. The average molecular weight is 291 g/mol. The summed E-state index contributed by atoms with van der Waals surface area (Å²) in [6, 6.07) is 18.0. The van der Waals surface area contributed by atoms with Gasteiger partial charge in [0.25, 0.3) is 0 Å². The zero-order chi connectivity index (χ0) is 15.4. The van der Waals surface area contributed by atoms with Crippen LogP contribution in [0.5, 0.6) is 0 Å². The van der Waals surface area contributed by atoms with Crippen LogP contribution < -0.4 is 5.32 Å². The van der Waals surface area contributed by atoms with Gasteiger partial charge in [0, 0.05) is 19.6 Å². The Morgan fingerprint density at radius 1 is 1.14 bits per heavy atom. The van der Waals surface area contributed by atoms with E-state index in [1.165, 1.54) is 5.56 Å². The number of carbonyl (C=O) groups excluding carboxylic acids is 1. The Morgan fingerprint density at radius 3 is 2.64 bits per heavy atom. The van der Waals surface area contributed by atoms with Crippen LogP contribution >= 0.6 is 0 Å². The van der Waals surface area contributed by atoms with Crippen molar-refractivity contribution in [2.24, 2.45) is 0 Å². The van der Waals surface area contributed by atoms with E-state index in [1.54, 1.807) is 0 Å². The summed E-state index contributed by atoms with van der Waals surface area (Å²) in [5.74, 6) is 0.0887. The van der Waals surface area contributed by atoms with Crippen LogP contribution in [0.15, 0.2) is 48.5 Å². The van der Waals surface area contributed by atoms with Gasteiger partial charge >= 0.3 is 0 Å². The van der Waals surface area contributed by atoms with Gasteiger partial charge in [0.05, 0.1) is 18.2 Å². The second-order valence-corrected chi connectivity index (χ2v) is 5.41. The maximum Gasteiger partial charge on any atom is 0.234 e. The van der Waals surface area contributed by atoms with Gasteiger partial charge in [-0.15, -0.1) is 0 Å². The Kier molecular flexibility index (Phi) is 4.17. The van der Waals surface area contributed by atoms with Crippen molar-refractivity contribution in [3.63, 3.8) is 0 Å². The summed E-state index contributed by atoms with van der Waals surface area (Å²) in [5, 5.41) is 12.0. The van der Waals surface area contributed by atoms with E-state index in [9.17, 15) is 10.1 Å². The first kappa shape index (κ1) is 14.3. The van der Waals surface area contributed by atoms with Gasteiger partial charge < -0.3 is 5.32 Å². The molecule has 1 heterocycles. The minimum atomic E-state index is 0.0887. The smallest absolute Gasteiger partial charge is 0.234 e. The lowest BCUT2D eigenvalue weighted by atomic mass is 9.99. The fourth-order valence-electron chi connectivity index (χ4n) is 2.71. The monoisotopic (exact) mass is 291 g/mol. The first-order valence-corrected chi connectivity index (χ1v) is 7.34. The maximum atomic E-state index is 11.4. The lowest BCUT2D eigenvalue weighted by molar-refractivity contribution is -0.124. The van der Waals surface area contributed by atoms with Crippen molar-refractivity contribution in [2.45, 2.75) is 6.54 Å². The zero-order valence-electron chi connectivity index (χ0n) is 12.2. The molecule has 1 fully saturated rings. The van der Waals surface area contributed by atoms with Crippen molar-refractivity contribution in [2.75, 3.05) is 19.6 Å². The summed E-state index contributed by atoms with van der Waals surface area (Å²) >= 11 is 0. The quantitative estimate of drug-likeness (QED) is 0.943. The highest BCUT2D eigenvalue weighted by atomic mass is 16.2. The molecule has 0 aromatic heterocycles. The van der Waals surface area contributed by atoms with Gasteiger partial charge in [0.15, 0.2) is 0 Å². The molecule has 4 heteroatoms. The van der Waals surface area contributed by atoms with Gasteiger partial charge in [-0.3, -0.25) is 9.69 Å². The van der Waals surface area contributed by atoms with E-state index in [2.05, 4.69) is 28.4 Å². The minimum absolute atomic E-state index is 0.0887. The molecule has 3 rings (SSSR count). The van der Waals surface area contributed by atoms with E-state index in [-0.39, 0.29) is 5.91 Å². The van der Waals surface area contributed by atoms with Gasteiger partial charge in [-0.25, -0.2) is 0 Å². The SMILES string of the molecule is N#Cc1ccccc1-c1ccc(CN2CCNC(=O)C2)cc1. The van der Waals surface area contributed by atoms with Crippen molar-refractivity contribution in [3.8, 4) is 17.2 Å². The van der Waals surface area contributed by atoms with E-state index in [0.29, 0.717) is 18.7 Å². The third-order valence-electron chi connectivity index (χ3n) is 3.84. The topological polar surface area (TPSA) is 56.1 Å². The van der Waals surface area contributed by atoms with Crippen molar-refractivity contribution >= 4 is 5.91 Å². The highest BCUT2D eigenvalue weighted by Gasteiger charge is 2.15. The molecule has 22 heavy (non-hydrogen) atoms. The van der Waals surface area contributed by atoms with E-state index < -0.39 is 0 Å². The number of nitriles is 1. The zero-order valence-corrected chi connectivity index (χ0v) is 12.2. The summed E-state index contributed by atoms with van der Waals surface area (Å²) in [4.78, 5) is 13.5. The van der Waals surface area contributed by atoms with E-state index in [0.717, 1.165) is 24.2 Å². The number of nitrogens with zero attached hydrogens (tertiary/aromatic N) is 2. The number of carbonyl (C=O) groups is 1. The average Bonchev–Trinajstić information content (AvgIpc) is 2.56. The Hall–Kier alpha value is -2.64. The number of nitrogens with one attached hydrogen (secondary N) is 1. The summed E-state index contributed by atoms with van der Waals surface area (Å²) in [6.45, 7) is 2.82. The molecule has 1 saturated heterocycles. The second kappa shape index (κ2) is 6.42. The Bertz CT molecular complexity index is 716. The fraction of sp³-hybridized carbons (Fsp3) is 0.222. The Balaban J connectivity index is 1.75. The van der Waals surface area contributed by atoms with Crippen LogP contribution in [0, 0.1) is 11.3 Å². The predicted molar refractivity (Wildman–Crippen MR) is 84.9 cm³/mol. The fourth-order valence-corrected chi connectivity index (χ4v) is 2.71. The molecule has 0 bridgehead atoms. The summed E-state index contributed by atoms with van der Waals surface area (Å²) in [6.07, 6.45) is 0. The summed E-state index contributed by atoms with van der Waals surface area (Å²) in [7, 11) is 0. The molecule has 4 nitrogen and oxygen atoms in total. The molecule has 0 aliphatic carbocycles. The first-order chi connectivity index (χ1) is 10.8. The van der Waals surface area contributed by atoms with Crippen molar-refractivity contribution < 1.29 is 4.79 Å². The van der Waals surface area contributed by atoms with Gasteiger partial charge in [-0.2, -0.15) is 5.26 Å². The lowest BCUT2D eigenvalue weighted by Gasteiger charge is -2.26. The van der Waals surface area contributed by atoms with E-state index in [1.807, 2.05) is 36.4 Å². The summed E-state index contributed by atoms with van der Waals surface area (Å²) < 4.78 is 0. The molecule has 0 spiro atoms. The van der Waals surface area contributed by atoms with Crippen LogP contribution in [0.3, 0.4) is 0 Å². The van der Waals surface area contributed by atoms with Crippen LogP contribution in [0.1, 0.15) is 11.1 Å². The van der Waals surface area contributed by atoms with E-state index >= 15 is 0 Å². The molecule has 1 aliphatic heterocycles. The van der Waals surface area contributed by atoms with Gasteiger partial charge in [0.2, 0.25) is 5.91 Å².